The van der Waals surface area contributed by atoms with Gasteiger partial charge in [-0.25, -0.2) is 0 Å². The normalized spacial score (nSPS) is 13.8. The molecule has 0 aromatic carbocycles. The fourth-order valence-electron chi connectivity index (χ4n) is 7.28. The summed E-state index contributed by atoms with van der Waals surface area (Å²) < 4.78 is 5.83. The second-order valence-electron chi connectivity index (χ2n) is 16.6. The number of aliphatic hydroxyl groups is 2. The second kappa shape index (κ2) is 45.6. The number of esters is 1. The topological polar surface area (TPSA) is 95.9 Å². The van der Waals surface area contributed by atoms with Crippen LogP contribution in [0.1, 0.15) is 233 Å². The van der Waals surface area contributed by atoms with E-state index in [-0.39, 0.29) is 24.9 Å². The molecule has 0 aliphatic rings. The zero-order valence-corrected chi connectivity index (χ0v) is 38.2. The Morgan fingerprint density at radius 3 is 1.31 bits per heavy atom. The summed E-state index contributed by atoms with van der Waals surface area (Å²) in [5.41, 5.74) is 0. The van der Waals surface area contributed by atoms with Crippen molar-refractivity contribution in [3.05, 3.63) is 60.8 Å². The van der Waals surface area contributed by atoms with Crippen LogP contribution < -0.4 is 5.32 Å². The van der Waals surface area contributed by atoms with E-state index in [4.69, 9.17) is 4.74 Å². The first kappa shape index (κ1) is 55.6. The number of amides is 1. The molecule has 0 saturated carbocycles. The maximum absolute atomic E-state index is 13.1. The van der Waals surface area contributed by atoms with Gasteiger partial charge in [0, 0.05) is 12.8 Å². The van der Waals surface area contributed by atoms with Crippen LogP contribution in [0.4, 0.5) is 0 Å². The van der Waals surface area contributed by atoms with Gasteiger partial charge in [0.25, 0.3) is 0 Å². The first-order chi connectivity index (χ1) is 28.5. The van der Waals surface area contributed by atoms with Crippen molar-refractivity contribution in [3.8, 4) is 0 Å². The number of aliphatic hydroxyl groups excluding tert-OH is 2. The van der Waals surface area contributed by atoms with Crippen LogP contribution in [0.3, 0.4) is 0 Å². The third-order valence-electron chi connectivity index (χ3n) is 11.0. The van der Waals surface area contributed by atoms with Crippen LogP contribution in [-0.2, 0) is 14.3 Å². The first-order valence-corrected chi connectivity index (χ1v) is 24.6. The molecule has 0 aliphatic carbocycles. The molecular weight excluding hydrogens is 719 g/mol. The lowest BCUT2D eigenvalue weighted by Crippen LogP contribution is -2.46. The lowest BCUT2D eigenvalue weighted by molar-refractivity contribution is -0.150. The molecule has 0 spiro atoms. The highest BCUT2D eigenvalue weighted by molar-refractivity contribution is 5.77. The molecule has 3 unspecified atom stereocenters. The Morgan fingerprint density at radius 2 is 0.897 bits per heavy atom. The van der Waals surface area contributed by atoms with Crippen LogP contribution in [0.2, 0.25) is 0 Å². The molecule has 0 bridgehead atoms. The SMILES string of the molecule is CC/C=C/C=C/C=C\C=C/C=C/CC(CC(=O)NC(CO)C(O)CCCCCCCCCCC)OC(=O)CCCCCCCCCCCCCCCCCCCCC. The largest absolute Gasteiger partial charge is 0.461 e. The van der Waals surface area contributed by atoms with E-state index in [2.05, 4.69) is 32.2 Å². The number of carbonyl (C=O) groups is 2. The summed E-state index contributed by atoms with van der Waals surface area (Å²) in [6.45, 7) is 6.28. The van der Waals surface area contributed by atoms with E-state index in [0.29, 0.717) is 19.3 Å². The van der Waals surface area contributed by atoms with Gasteiger partial charge < -0.3 is 20.3 Å². The van der Waals surface area contributed by atoms with Gasteiger partial charge >= 0.3 is 5.97 Å². The molecule has 6 heteroatoms. The Bertz CT molecular complexity index is 1050. The Labute approximate surface area is 358 Å². The minimum Gasteiger partial charge on any atom is -0.461 e. The van der Waals surface area contributed by atoms with Gasteiger partial charge in [0.05, 0.1) is 25.2 Å². The van der Waals surface area contributed by atoms with Crippen molar-refractivity contribution in [3.63, 3.8) is 0 Å². The molecule has 58 heavy (non-hydrogen) atoms. The molecule has 6 nitrogen and oxygen atoms in total. The summed E-state index contributed by atoms with van der Waals surface area (Å²) >= 11 is 0. The lowest BCUT2D eigenvalue weighted by atomic mass is 10.0. The van der Waals surface area contributed by atoms with Gasteiger partial charge in [0.15, 0.2) is 0 Å². The number of allylic oxidation sites excluding steroid dienone is 9. The molecule has 336 valence electrons. The van der Waals surface area contributed by atoms with Gasteiger partial charge in [-0.1, -0.05) is 255 Å². The van der Waals surface area contributed by atoms with Crippen molar-refractivity contribution >= 4 is 11.9 Å². The fourth-order valence-corrected chi connectivity index (χ4v) is 7.28. The summed E-state index contributed by atoms with van der Waals surface area (Å²) in [4.78, 5) is 26.0. The minimum atomic E-state index is -0.815. The molecule has 1 amide bonds. The first-order valence-electron chi connectivity index (χ1n) is 24.6. The number of nitrogens with one attached hydrogen (secondary N) is 1. The number of hydrogen-bond donors (Lipinski definition) is 3. The quantitative estimate of drug-likeness (QED) is 0.0324. The number of ether oxygens (including phenoxy) is 1. The zero-order valence-electron chi connectivity index (χ0n) is 38.2. The van der Waals surface area contributed by atoms with Gasteiger partial charge in [-0.2, -0.15) is 0 Å². The molecule has 0 saturated heterocycles. The van der Waals surface area contributed by atoms with Gasteiger partial charge in [-0.05, 0) is 19.3 Å². The van der Waals surface area contributed by atoms with Gasteiger partial charge in [-0.3, -0.25) is 9.59 Å². The highest BCUT2D eigenvalue weighted by Gasteiger charge is 2.23. The summed E-state index contributed by atoms with van der Waals surface area (Å²) in [7, 11) is 0. The van der Waals surface area contributed by atoms with E-state index in [1.54, 1.807) is 0 Å². The van der Waals surface area contributed by atoms with Gasteiger partial charge in [0.2, 0.25) is 5.91 Å². The van der Waals surface area contributed by atoms with Gasteiger partial charge in [0.1, 0.15) is 6.10 Å². The number of hydrogen-bond acceptors (Lipinski definition) is 5. The minimum absolute atomic E-state index is 0.0176. The third-order valence-corrected chi connectivity index (χ3v) is 11.0. The summed E-state index contributed by atoms with van der Waals surface area (Å²) in [6, 6.07) is -0.737. The third kappa shape index (κ3) is 40.3. The van der Waals surface area contributed by atoms with Crippen LogP contribution in [0.15, 0.2) is 60.8 Å². The summed E-state index contributed by atoms with van der Waals surface area (Å²) in [5, 5.41) is 23.5. The van der Waals surface area contributed by atoms with Crippen molar-refractivity contribution < 1.29 is 24.5 Å². The average Bonchev–Trinajstić information content (AvgIpc) is 3.22. The number of carbonyl (C=O) groups excluding carboxylic acids is 2. The molecule has 0 heterocycles. The van der Waals surface area contributed by atoms with Crippen molar-refractivity contribution in [1.29, 1.82) is 0 Å². The maximum Gasteiger partial charge on any atom is 0.306 e. The molecular formula is C52H93NO5. The smallest absolute Gasteiger partial charge is 0.306 e. The molecule has 0 radical (unpaired) electrons. The van der Waals surface area contributed by atoms with E-state index >= 15 is 0 Å². The Hall–Kier alpha value is -2.44. The van der Waals surface area contributed by atoms with E-state index in [1.807, 2.05) is 54.7 Å². The second-order valence-corrected chi connectivity index (χ2v) is 16.6. The predicted molar refractivity (Wildman–Crippen MR) is 250 cm³/mol. The zero-order chi connectivity index (χ0) is 42.4. The predicted octanol–water partition coefficient (Wildman–Crippen LogP) is 14.5. The lowest BCUT2D eigenvalue weighted by Gasteiger charge is -2.24. The van der Waals surface area contributed by atoms with Crippen LogP contribution in [0.25, 0.3) is 0 Å². The Morgan fingerprint density at radius 1 is 0.517 bits per heavy atom. The van der Waals surface area contributed by atoms with E-state index in [1.165, 1.54) is 141 Å². The molecule has 0 rings (SSSR count). The van der Waals surface area contributed by atoms with Crippen molar-refractivity contribution in [2.45, 2.75) is 251 Å². The monoisotopic (exact) mass is 812 g/mol. The Balaban J connectivity index is 4.56. The molecule has 3 atom stereocenters. The average molecular weight is 812 g/mol. The molecule has 0 aliphatic heterocycles. The fraction of sp³-hybridized carbons (Fsp3) is 0.769. The van der Waals surface area contributed by atoms with E-state index in [9.17, 15) is 19.8 Å². The standard InChI is InChI=1S/C52H93NO5/c1-4-7-10-13-16-19-21-22-23-24-25-26-27-28-30-33-36-39-42-45-52(57)58-48(43-40-37-34-32-29-20-17-14-11-8-5-2)46-51(56)53-49(47-54)50(55)44-41-38-35-31-18-15-12-9-6-3/h8,11,14,17,20,29,32,34,37,40,48-50,54-55H,4-7,9-10,12-13,15-16,18-19,21-28,30-31,33,35-36,38-39,41-47H2,1-3H3,(H,53,56)/b11-8+,17-14+,29-20-,34-32-,40-37+. The maximum atomic E-state index is 13.1. The van der Waals surface area contributed by atoms with E-state index in [0.717, 1.165) is 44.9 Å². The highest BCUT2D eigenvalue weighted by Crippen LogP contribution is 2.17. The van der Waals surface area contributed by atoms with Crippen molar-refractivity contribution in [2.75, 3.05) is 6.61 Å². The molecule has 0 aromatic rings. The number of unbranched alkanes of at least 4 members (excludes halogenated alkanes) is 26. The van der Waals surface area contributed by atoms with Gasteiger partial charge in [-0.15, -0.1) is 0 Å². The summed E-state index contributed by atoms with van der Waals surface area (Å²) in [5.74, 6) is -0.605. The molecule has 0 aromatic heterocycles. The van der Waals surface area contributed by atoms with Crippen LogP contribution in [0.5, 0.6) is 0 Å². The van der Waals surface area contributed by atoms with E-state index < -0.39 is 18.2 Å². The molecule has 0 fully saturated rings. The van der Waals surface area contributed by atoms with Crippen LogP contribution >= 0.6 is 0 Å². The number of rotatable bonds is 43. The Kier molecular flexibility index (Phi) is 43.7. The molecule has 3 N–H and O–H groups in total. The highest BCUT2D eigenvalue weighted by atomic mass is 16.5. The van der Waals surface area contributed by atoms with Crippen molar-refractivity contribution in [1.82, 2.24) is 5.32 Å². The van der Waals surface area contributed by atoms with Crippen molar-refractivity contribution in [2.24, 2.45) is 0 Å². The summed E-state index contributed by atoms with van der Waals surface area (Å²) in [6.07, 6.45) is 56.1. The van der Waals surface area contributed by atoms with Crippen LogP contribution in [-0.4, -0.2) is 46.9 Å². The van der Waals surface area contributed by atoms with Crippen LogP contribution in [0, 0.1) is 0 Å².